The Labute approximate surface area is 103 Å². The van der Waals surface area contributed by atoms with E-state index in [0.29, 0.717) is 0 Å². The Bertz CT molecular complexity index is 277. The summed E-state index contributed by atoms with van der Waals surface area (Å²) < 4.78 is 5.54. The van der Waals surface area contributed by atoms with Crippen LogP contribution in [0.3, 0.4) is 0 Å². The molecule has 5 heteroatoms. The lowest BCUT2D eigenvalue weighted by Gasteiger charge is -2.10. The van der Waals surface area contributed by atoms with Gasteiger partial charge < -0.3 is 15.9 Å². The minimum Gasteiger partial charge on any atom is -0.381 e. The van der Waals surface area contributed by atoms with Gasteiger partial charge in [0.05, 0.1) is 6.61 Å². The molecule has 1 aliphatic carbocycles. The maximum Gasteiger partial charge on any atom is 0.330 e. The second-order valence-electron chi connectivity index (χ2n) is 4.27. The average molecular weight is 241 g/mol. The second-order valence-corrected chi connectivity index (χ2v) is 4.27. The van der Waals surface area contributed by atoms with E-state index in [1.807, 2.05) is 0 Å². The Morgan fingerprint density at radius 3 is 2.94 bits per heavy atom. The number of rotatable bonds is 8. The van der Waals surface area contributed by atoms with Crippen LogP contribution in [0.2, 0.25) is 0 Å². The molecular weight excluding hydrogens is 218 g/mol. The van der Waals surface area contributed by atoms with Crippen LogP contribution in [0, 0.1) is 0 Å². The van der Waals surface area contributed by atoms with Gasteiger partial charge in [-0.25, -0.2) is 4.79 Å². The second kappa shape index (κ2) is 7.95. The Hall–Kier alpha value is -1.23. The molecule has 0 saturated carbocycles. The molecule has 0 unspecified atom stereocenters. The predicted molar refractivity (Wildman–Crippen MR) is 67.1 cm³/mol. The van der Waals surface area contributed by atoms with Crippen LogP contribution in [0.1, 0.15) is 45.4 Å². The summed E-state index contributed by atoms with van der Waals surface area (Å²) >= 11 is 0. The Morgan fingerprint density at radius 2 is 2.24 bits per heavy atom. The summed E-state index contributed by atoms with van der Waals surface area (Å²) in [6, 6.07) is -0.553. The molecule has 5 nitrogen and oxygen atoms in total. The van der Waals surface area contributed by atoms with Crippen LogP contribution >= 0.6 is 0 Å². The van der Waals surface area contributed by atoms with Crippen molar-refractivity contribution in [2.45, 2.75) is 45.4 Å². The first kappa shape index (κ1) is 13.8. The van der Waals surface area contributed by atoms with Crippen LogP contribution in [0.4, 0.5) is 4.79 Å². The van der Waals surface area contributed by atoms with Crippen molar-refractivity contribution in [1.29, 1.82) is 0 Å². The molecule has 0 aliphatic heterocycles. The number of hydrazine groups is 1. The number of urea groups is 1. The molecular formula is C12H23N3O2. The maximum atomic E-state index is 10.6. The predicted octanol–water partition coefficient (Wildman–Crippen LogP) is 1.80. The number of hydrogen-bond acceptors (Lipinski definition) is 3. The molecule has 0 radical (unpaired) electrons. The van der Waals surface area contributed by atoms with Gasteiger partial charge in [0.1, 0.15) is 0 Å². The van der Waals surface area contributed by atoms with Gasteiger partial charge >= 0.3 is 6.03 Å². The van der Waals surface area contributed by atoms with E-state index in [1.54, 1.807) is 0 Å². The first-order chi connectivity index (χ1) is 8.24. The topological polar surface area (TPSA) is 76.4 Å². The number of allylic oxidation sites excluding steroid dienone is 1. The third-order valence-corrected chi connectivity index (χ3v) is 2.86. The minimum absolute atomic E-state index is 0.553. The number of nitrogens with two attached hydrogens (primary N) is 1. The summed E-state index contributed by atoms with van der Waals surface area (Å²) in [6.07, 6.45) is 6.41. The number of hydrogen-bond donors (Lipinski definition) is 3. The smallest absolute Gasteiger partial charge is 0.330 e. The fourth-order valence-electron chi connectivity index (χ4n) is 1.91. The molecule has 1 aliphatic rings. The third-order valence-electron chi connectivity index (χ3n) is 2.86. The van der Waals surface area contributed by atoms with Gasteiger partial charge in [-0.1, -0.05) is 13.3 Å². The lowest BCUT2D eigenvalue weighted by Crippen LogP contribution is -2.40. The number of carbonyl (C=O) groups is 1. The summed E-state index contributed by atoms with van der Waals surface area (Å²) in [4.78, 5) is 10.6. The number of unbranched alkanes of at least 4 members (excludes halogenated alkanes) is 1. The zero-order chi connectivity index (χ0) is 12.5. The Morgan fingerprint density at radius 1 is 1.41 bits per heavy atom. The van der Waals surface area contributed by atoms with Crippen molar-refractivity contribution in [2.75, 3.05) is 13.2 Å². The monoisotopic (exact) mass is 241 g/mol. The molecule has 0 heterocycles. The van der Waals surface area contributed by atoms with Gasteiger partial charge in [-0.15, -0.1) is 0 Å². The van der Waals surface area contributed by atoms with E-state index in [2.05, 4.69) is 17.8 Å². The Kier molecular flexibility index (Phi) is 6.47. The van der Waals surface area contributed by atoms with Gasteiger partial charge in [0, 0.05) is 12.3 Å². The summed E-state index contributed by atoms with van der Waals surface area (Å²) in [5.74, 6) is 0. The number of amides is 2. The van der Waals surface area contributed by atoms with E-state index in [-0.39, 0.29) is 0 Å². The van der Waals surface area contributed by atoms with Crippen molar-refractivity contribution < 1.29 is 9.53 Å². The van der Waals surface area contributed by atoms with Crippen molar-refractivity contribution in [2.24, 2.45) is 5.73 Å². The van der Waals surface area contributed by atoms with Crippen molar-refractivity contribution >= 4 is 6.03 Å². The van der Waals surface area contributed by atoms with Crippen LogP contribution < -0.4 is 16.6 Å². The lowest BCUT2D eigenvalue weighted by atomic mass is 10.1. The van der Waals surface area contributed by atoms with Crippen molar-refractivity contribution in [3.05, 3.63) is 11.3 Å². The van der Waals surface area contributed by atoms with Gasteiger partial charge in [-0.05, 0) is 37.7 Å². The quantitative estimate of drug-likeness (QED) is 0.448. The first-order valence-corrected chi connectivity index (χ1v) is 6.34. The maximum absolute atomic E-state index is 10.6. The van der Waals surface area contributed by atoms with Gasteiger partial charge in [0.15, 0.2) is 0 Å². The summed E-state index contributed by atoms with van der Waals surface area (Å²) in [5, 5.41) is 0. The molecule has 98 valence electrons. The van der Waals surface area contributed by atoms with E-state index in [1.165, 1.54) is 5.57 Å². The molecule has 0 spiro atoms. The highest BCUT2D eigenvalue weighted by molar-refractivity contribution is 5.71. The van der Waals surface area contributed by atoms with E-state index in [4.69, 9.17) is 10.5 Å². The largest absolute Gasteiger partial charge is 0.381 e. The van der Waals surface area contributed by atoms with E-state index < -0.39 is 6.03 Å². The molecule has 0 saturated heterocycles. The third kappa shape index (κ3) is 5.58. The number of primary amides is 1. The standard InChI is InChI=1S/C12H23N3O2/c1-2-3-8-17-9-7-10-5-4-6-11(10)14-15-12(13)16/h14H,2-9H2,1H3,(H3,13,15,16). The van der Waals surface area contributed by atoms with Crippen LogP contribution in [0.15, 0.2) is 11.3 Å². The van der Waals surface area contributed by atoms with Crippen molar-refractivity contribution in [3.63, 3.8) is 0 Å². The molecule has 0 aromatic carbocycles. The van der Waals surface area contributed by atoms with E-state index in [9.17, 15) is 4.79 Å². The Balaban J connectivity index is 2.23. The molecule has 0 aromatic heterocycles. The summed E-state index contributed by atoms with van der Waals surface area (Å²) in [6.45, 7) is 3.75. The highest BCUT2D eigenvalue weighted by Gasteiger charge is 2.14. The molecule has 0 fully saturated rings. The van der Waals surface area contributed by atoms with Crippen molar-refractivity contribution in [1.82, 2.24) is 10.9 Å². The van der Waals surface area contributed by atoms with Gasteiger partial charge in [0.25, 0.3) is 0 Å². The zero-order valence-corrected chi connectivity index (χ0v) is 10.6. The SMILES string of the molecule is CCCCOCCC1=C(NNC(N)=O)CCC1. The lowest BCUT2D eigenvalue weighted by molar-refractivity contribution is 0.133. The zero-order valence-electron chi connectivity index (χ0n) is 10.6. The van der Waals surface area contributed by atoms with Crippen molar-refractivity contribution in [3.8, 4) is 0 Å². The highest BCUT2D eigenvalue weighted by Crippen LogP contribution is 2.26. The van der Waals surface area contributed by atoms with Gasteiger partial charge in [-0.3, -0.25) is 5.43 Å². The fraction of sp³-hybridized carbons (Fsp3) is 0.750. The molecule has 0 bridgehead atoms. The molecule has 0 atom stereocenters. The minimum atomic E-state index is -0.553. The normalized spacial score (nSPS) is 15.1. The highest BCUT2D eigenvalue weighted by atomic mass is 16.5. The molecule has 0 aromatic rings. The van der Waals surface area contributed by atoms with Gasteiger partial charge in [-0.2, -0.15) is 0 Å². The van der Waals surface area contributed by atoms with E-state index in [0.717, 1.165) is 57.4 Å². The number of ether oxygens (including phenoxy) is 1. The number of nitrogens with one attached hydrogen (secondary N) is 2. The average Bonchev–Trinajstić information content (AvgIpc) is 2.73. The fourth-order valence-corrected chi connectivity index (χ4v) is 1.91. The van der Waals surface area contributed by atoms with Crippen LogP contribution in [-0.2, 0) is 4.74 Å². The first-order valence-electron chi connectivity index (χ1n) is 6.34. The van der Waals surface area contributed by atoms with Crippen LogP contribution in [-0.4, -0.2) is 19.2 Å². The molecule has 2 amide bonds. The molecule has 4 N–H and O–H groups in total. The summed E-state index contributed by atoms with van der Waals surface area (Å²) in [5.41, 5.74) is 12.8. The number of carbonyl (C=O) groups excluding carboxylic acids is 1. The summed E-state index contributed by atoms with van der Waals surface area (Å²) in [7, 11) is 0. The van der Waals surface area contributed by atoms with Crippen LogP contribution in [0.5, 0.6) is 0 Å². The van der Waals surface area contributed by atoms with Crippen LogP contribution in [0.25, 0.3) is 0 Å². The molecule has 17 heavy (non-hydrogen) atoms. The van der Waals surface area contributed by atoms with E-state index >= 15 is 0 Å². The molecule has 1 rings (SSSR count). The van der Waals surface area contributed by atoms with Gasteiger partial charge in [0.2, 0.25) is 0 Å².